The van der Waals surface area contributed by atoms with Gasteiger partial charge in [-0.05, 0) is 39.3 Å². The van der Waals surface area contributed by atoms with E-state index in [-0.39, 0.29) is 0 Å². The smallest absolute Gasteiger partial charge is 0.0223 e. The SMILES string of the molecule is CCNCC1CCCCN1C(C)CC. The van der Waals surface area contributed by atoms with Gasteiger partial charge in [0.05, 0.1) is 0 Å². The fourth-order valence-corrected chi connectivity index (χ4v) is 2.37. The van der Waals surface area contributed by atoms with Gasteiger partial charge in [-0.25, -0.2) is 0 Å². The van der Waals surface area contributed by atoms with Crippen LogP contribution in [0.2, 0.25) is 0 Å². The third-order valence-electron chi connectivity index (χ3n) is 3.46. The molecule has 1 aliphatic rings. The Labute approximate surface area is 89.1 Å². The van der Waals surface area contributed by atoms with E-state index in [4.69, 9.17) is 0 Å². The Morgan fingerprint density at radius 3 is 2.79 bits per heavy atom. The molecule has 0 radical (unpaired) electrons. The number of hydrogen-bond donors (Lipinski definition) is 1. The molecule has 1 heterocycles. The molecule has 1 N–H and O–H groups in total. The molecule has 2 nitrogen and oxygen atoms in total. The number of nitrogens with zero attached hydrogens (tertiary/aromatic N) is 1. The molecular formula is C12H26N2. The maximum atomic E-state index is 3.49. The van der Waals surface area contributed by atoms with Gasteiger partial charge in [0.2, 0.25) is 0 Å². The second-order valence-corrected chi connectivity index (χ2v) is 4.45. The summed E-state index contributed by atoms with van der Waals surface area (Å²) in [5.74, 6) is 0. The molecule has 84 valence electrons. The molecule has 0 aliphatic carbocycles. The van der Waals surface area contributed by atoms with Crippen molar-refractivity contribution in [1.29, 1.82) is 0 Å². The highest BCUT2D eigenvalue weighted by Gasteiger charge is 2.24. The predicted molar refractivity (Wildman–Crippen MR) is 62.6 cm³/mol. The summed E-state index contributed by atoms with van der Waals surface area (Å²) in [6.07, 6.45) is 5.48. The van der Waals surface area contributed by atoms with Crippen LogP contribution in [0.3, 0.4) is 0 Å². The average Bonchev–Trinajstić information content (AvgIpc) is 2.25. The van der Waals surface area contributed by atoms with Crippen molar-refractivity contribution < 1.29 is 0 Å². The summed E-state index contributed by atoms with van der Waals surface area (Å²) in [5, 5.41) is 3.49. The maximum Gasteiger partial charge on any atom is 0.0223 e. The summed E-state index contributed by atoms with van der Waals surface area (Å²) in [6.45, 7) is 10.4. The molecule has 0 amide bonds. The van der Waals surface area contributed by atoms with Crippen molar-refractivity contribution in [1.82, 2.24) is 10.2 Å². The molecule has 0 aromatic heterocycles. The lowest BCUT2D eigenvalue weighted by Gasteiger charge is -2.39. The Morgan fingerprint density at radius 1 is 1.36 bits per heavy atom. The third-order valence-corrected chi connectivity index (χ3v) is 3.46. The van der Waals surface area contributed by atoms with Crippen LogP contribution in [0, 0.1) is 0 Å². The highest BCUT2D eigenvalue weighted by Crippen LogP contribution is 2.20. The zero-order valence-corrected chi connectivity index (χ0v) is 10.1. The maximum absolute atomic E-state index is 3.49. The Bertz CT molecular complexity index is 147. The fourth-order valence-electron chi connectivity index (χ4n) is 2.37. The van der Waals surface area contributed by atoms with Gasteiger partial charge in [0, 0.05) is 18.6 Å². The molecule has 0 saturated carbocycles. The van der Waals surface area contributed by atoms with Crippen LogP contribution in [-0.2, 0) is 0 Å². The van der Waals surface area contributed by atoms with Crippen molar-refractivity contribution in [2.75, 3.05) is 19.6 Å². The van der Waals surface area contributed by atoms with E-state index in [0.29, 0.717) is 0 Å². The Balaban J connectivity index is 2.41. The van der Waals surface area contributed by atoms with Gasteiger partial charge in [0.25, 0.3) is 0 Å². The first kappa shape index (κ1) is 12.0. The van der Waals surface area contributed by atoms with E-state index < -0.39 is 0 Å². The minimum Gasteiger partial charge on any atom is -0.315 e. The lowest BCUT2D eigenvalue weighted by molar-refractivity contribution is 0.1000. The summed E-state index contributed by atoms with van der Waals surface area (Å²) >= 11 is 0. The minimum absolute atomic E-state index is 0.763. The van der Waals surface area contributed by atoms with Gasteiger partial charge in [0.15, 0.2) is 0 Å². The number of piperidine rings is 1. The van der Waals surface area contributed by atoms with Gasteiger partial charge in [-0.1, -0.05) is 20.3 Å². The van der Waals surface area contributed by atoms with Crippen LogP contribution in [0.15, 0.2) is 0 Å². The zero-order chi connectivity index (χ0) is 10.4. The van der Waals surface area contributed by atoms with E-state index in [9.17, 15) is 0 Å². The highest BCUT2D eigenvalue weighted by molar-refractivity contribution is 4.81. The quantitative estimate of drug-likeness (QED) is 0.729. The van der Waals surface area contributed by atoms with Gasteiger partial charge in [-0.15, -0.1) is 0 Å². The van der Waals surface area contributed by atoms with Crippen LogP contribution in [-0.4, -0.2) is 36.6 Å². The monoisotopic (exact) mass is 198 g/mol. The van der Waals surface area contributed by atoms with Crippen molar-refractivity contribution in [2.45, 2.75) is 58.5 Å². The van der Waals surface area contributed by atoms with Crippen LogP contribution in [0.4, 0.5) is 0 Å². The van der Waals surface area contributed by atoms with Gasteiger partial charge >= 0.3 is 0 Å². The Morgan fingerprint density at radius 2 is 2.14 bits per heavy atom. The van der Waals surface area contributed by atoms with E-state index in [1.807, 2.05) is 0 Å². The number of rotatable bonds is 5. The lowest BCUT2D eigenvalue weighted by Crippen LogP contribution is -2.49. The number of nitrogens with one attached hydrogen (secondary N) is 1. The molecule has 1 rings (SSSR count). The predicted octanol–water partition coefficient (Wildman–Crippen LogP) is 2.25. The molecule has 14 heavy (non-hydrogen) atoms. The van der Waals surface area contributed by atoms with Crippen molar-refractivity contribution >= 4 is 0 Å². The molecule has 1 fully saturated rings. The normalized spacial score (nSPS) is 26.4. The molecular weight excluding hydrogens is 172 g/mol. The molecule has 2 atom stereocenters. The van der Waals surface area contributed by atoms with Gasteiger partial charge in [-0.2, -0.15) is 0 Å². The standard InChI is InChI=1S/C12H26N2/c1-4-11(3)14-9-7-6-8-12(14)10-13-5-2/h11-13H,4-10H2,1-3H3. The van der Waals surface area contributed by atoms with Crippen molar-refractivity contribution in [3.8, 4) is 0 Å². The highest BCUT2D eigenvalue weighted by atomic mass is 15.2. The van der Waals surface area contributed by atoms with Crippen molar-refractivity contribution in [3.63, 3.8) is 0 Å². The number of likely N-dealkylation sites (tertiary alicyclic amines) is 1. The van der Waals surface area contributed by atoms with E-state index in [0.717, 1.165) is 18.6 Å². The van der Waals surface area contributed by atoms with Crippen LogP contribution in [0.25, 0.3) is 0 Å². The van der Waals surface area contributed by atoms with Gasteiger partial charge in [0.1, 0.15) is 0 Å². The topological polar surface area (TPSA) is 15.3 Å². The lowest BCUT2D eigenvalue weighted by atomic mass is 9.99. The molecule has 0 aromatic carbocycles. The first-order valence-electron chi connectivity index (χ1n) is 6.26. The average molecular weight is 198 g/mol. The number of hydrogen-bond acceptors (Lipinski definition) is 2. The Hall–Kier alpha value is -0.0800. The molecule has 1 aliphatic heterocycles. The van der Waals surface area contributed by atoms with Gasteiger partial charge in [-0.3, -0.25) is 4.90 Å². The van der Waals surface area contributed by atoms with Crippen LogP contribution < -0.4 is 5.32 Å². The zero-order valence-electron chi connectivity index (χ0n) is 10.1. The minimum atomic E-state index is 0.763. The van der Waals surface area contributed by atoms with E-state index in [1.165, 1.54) is 38.8 Å². The van der Waals surface area contributed by atoms with Crippen LogP contribution >= 0.6 is 0 Å². The third kappa shape index (κ3) is 3.25. The molecule has 1 saturated heterocycles. The number of likely N-dealkylation sites (N-methyl/N-ethyl adjacent to an activating group) is 1. The molecule has 0 spiro atoms. The molecule has 0 bridgehead atoms. The first-order chi connectivity index (χ1) is 6.79. The molecule has 2 heteroatoms. The molecule has 2 unspecified atom stereocenters. The van der Waals surface area contributed by atoms with Crippen molar-refractivity contribution in [2.24, 2.45) is 0 Å². The summed E-state index contributed by atoms with van der Waals surface area (Å²) in [5.41, 5.74) is 0. The Kier molecular flexibility index (Phi) is 5.49. The summed E-state index contributed by atoms with van der Waals surface area (Å²) < 4.78 is 0. The van der Waals surface area contributed by atoms with Crippen LogP contribution in [0.1, 0.15) is 46.5 Å². The second kappa shape index (κ2) is 6.41. The van der Waals surface area contributed by atoms with Crippen LogP contribution in [0.5, 0.6) is 0 Å². The fraction of sp³-hybridized carbons (Fsp3) is 1.00. The summed E-state index contributed by atoms with van der Waals surface area (Å²) in [4.78, 5) is 2.70. The first-order valence-corrected chi connectivity index (χ1v) is 6.26. The summed E-state index contributed by atoms with van der Waals surface area (Å²) in [7, 11) is 0. The van der Waals surface area contributed by atoms with E-state index >= 15 is 0 Å². The van der Waals surface area contributed by atoms with E-state index in [1.54, 1.807) is 0 Å². The molecule has 0 aromatic rings. The largest absolute Gasteiger partial charge is 0.315 e. The second-order valence-electron chi connectivity index (χ2n) is 4.45. The van der Waals surface area contributed by atoms with Gasteiger partial charge < -0.3 is 5.32 Å². The van der Waals surface area contributed by atoms with Crippen molar-refractivity contribution in [3.05, 3.63) is 0 Å². The van der Waals surface area contributed by atoms with E-state index in [2.05, 4.69) is 31.0 Å². The summed E-state index contributed by atoms with van der Waals surface area (Å²) in [6, 6.07) is 1.55.